The van der Waals surface area contributed by atoms with E-state index in [0.717, 1.165) is 10.4 Å². The van der Waals surface area contributed by atoms with Crippen molar-refractivity contribution < 1.29 is 9.21 Å². The number of hydrogen-bond acceptors (Lipinski definition) is 3. The van der Waals surface area contributed by atoms with Crippen LogP contribution in [-0.4, -0.2) is 5.78 Å². The van der Waals surface area contributed by atoms with Gasteiger partial charge in [-0.25, -0.2) is 0 Å². The third-order valence-electron chi connectivity index (χ3n) is 2.21. The maximum absolute atomic E-state index is 12.0. The zero-order valence-corrected chi connectivity index (χ0v) is 10.7. The van der Waals surface area contributed by atoms with Gasteiger partial charge in [-0.2, -0.15) is 0 Å². The molecule has 78 valence electrons. The second-order valence-electron chi connectivity index (χ2n) is 3.28. The van der Waals surface area contributed by atoms with Gasteiger partial charge in [-0.15, -0.1) is 11.3 Å². The monoisotopic (exact) mass is 284 g/mol. The van der Waals surface area contributed by atoms with Crippen LogP contribution in [0.3, 0.4) is 0 Å². The number of ketones is 1. The van der Waals surface area contributed by atoms with E-state index in [4.69, 9.17) is 4.42 Å². The van der Waals surface area contributed by atoms with Gasteiger partial charge in [0.1, 0.15) is 0 Å². The largest absolute Gasteiger partial charge is 0.460 e. The molecule has 2 heterocycles. The van der Waals surface area contributed by atoms with Crippen LogP contribution in [0.25, 0.3) is 0 Å². The van der Waals surface area contributed by atoms with Crippen molar-refractivity contribution in [2.24, 2.45) is 0 Å². The average Bonchev–Trinajstić information content (AvgIpc) is 2.74. The minimum atomic E-state index is -0.0620. The molecule has 0 atom stereocenters. The predicted molar refractivity (Wildman–Crippen MR) is 63.6 cm³/mol. The number of carbonyl (C=O) groups excluding carboxylic acids is 1. The van der Waals surface area contributed by atoms with Gasteiger partial charge >= 0.3 is 0 Å². The van der Waals surface area contributed by atoms with Crippen molar-refractivity contribution in [2.45, 2.75) is 13.8 Å². The van der Waals surface area contributed by atoms with Crippen molar-refractivity contribution in [2.75, 3.05) is 0 Å². The zero-order valence-electron chi connectivity index (χ0n) is 8.33. The molecule has 2 aromatic rings. The number of halogens is 1. The highest BCUT2D eigenvalue weighted by Crippen LogP contribution is 2.26. The fourth-order valence-corrected chi connectivity index (χ4v) is 2.61. The molecule has 0 saturated heterocycles. The summed E-state index contributed by atoms with van der Waals surface area (Å²) in [6.07, 6.45) is 1.50. The van der Waals surface area contributed by atoms with Gasteiger partial charge in [0.15, 0.2) is 5.76 Å². The Morgan fingerprint density at radius 2 is 2.20 bits per heavy atom. The Hall–Kier alpha value is -0.870. The summed E-state index contributed by atoms with van der Waals surface area (Å²) >= 11 is 4.78. The lowest BCUT2D eigenvalue weighted by Gasteiger charge is -1.92. The molecule has 0 bridgehead atoms. The summed E-state index contributed by atoms with van der Waals surface area (Å²) in [6.45, 7) is 4.01. The number of aryl methyl sites for hydroxylation is 2. The van der Waals surface area contributed by atoms with Crippen LogP contribution < -0.4 is 0 Å². The highest BCUT2D eigenvalue weighted by molar-refractivity contribution is 9.10. The summed E-state index contributed by atoms with van der Waals surface area (Å²) in [7, 11) is 0. The minimum absolute atomic E-state index is 0.0620. The zero-order chi connectivity index (χ0) is 11.0. The number of hydrogen-bond donors (Lipinski definition) is 0. The van der Waals surface area contributed by atoms with Crippen LogP contribution in [-0.2, 0) is 0 Å². The van der Waals surface area contributed by atoms with Gasteiger partial charge in [0.25, 0.3) is 0 Å². The second-order valence-corrected chi connectivity index (χ2v) is 5.39. The smallest absolute Gasteiger partial charge is 0.239 e. The number of rotatable bonds is 2. The van der Waals surface area contributed by atoms with Gasteiger partial charge < -0.3 is 4.42 Å². The van der Waals surface area contributed by atoms with Crippen LogP contribution in [0.4, 0.5) is 0 Å². The van der Waals surface area contributed by atoms with Gasteiger partial charge in [-0.05, 0) is 47.5 Å². The molecule has 15 heavy (non-hydrogen) atoms. The fraction of sp³-hybridized carbons (Fsp3) is 0.182. The average molecular weight is 285 g/mol. The summed E-state index contributed by atoms with van der Waals surface area (Å²) in [5.41, 5.74) is 1.14. The summed E-state index contributed by atoms with van der Waals surface area (Å²) < 4.78 is 5.84. The molecule has 0 N–H and O–H groups in total. The van der Waals surface area contributed by atoms with E-state index >= 15 is 0 Å². The van der Waals surface area contributed by atoms with Gasteiger partial charge in [0, 0.05) is 4.88 Å². The summed E-state index contributed by atoms with van der Waals surface area (Å²) in [4.78, 5) is 13.9. The van der Waals surface area contributed by atoms with Crippen molar-refractivity contribution in [3.63, 3.8) is 0 Å². The Kier molecular flexibility index (Phi) is 2.80. The molecule has 2 nitrogen and oxygen atoms in total. The lowest BCUT2D eigenvalue weighted by molar-refractivity contribution is 0.101. The van der Waals surface area contributed by atoms with Gasteiger partial charge in [-0.1, -0.05) is 0 Å². The topological polar surface area (TPSA) is 30.2 Å². The van der Waals surface area contributed by atoms with Crippen LogP contribution in [0.2, 0.25) is 0 Å². The molecule has 0 unspecified atom stereocenters. The van der Waals surface area contributed by atoms with E-state index in [9.17, 15) is 4.79 Å². The summed E-state index contributed by atoms with van der Waals surface area (Å²) in [5.74, 6) is 0.310. The first-order chi connectivity index (χ1) is 7.09. The van der Waals surface area contributed by atoms with Crippen molar-refractivity contribution in [3.8, 4) is 0 Å². The number of furan rings is 1. The standard InChI is InChI=1S/C11H9BrO2S/c1-6-5-9(15-7(6)2)10(13)11-8(12)3-4-14-11/h3-5H,1-2H3. The molecule has 0 aromatic carbocycles. The first kappa shape index (κ1) is 10.6. The Balaban J connectivity index is 2.41. The third-order valence-corrected chi connectivity index (χ3v) is 3.99. The number of carbonyl (C=O) groups is 1. The molecule has 0 amide bonds. The maximum Gasteiger partial charge on any atom is 0.239 e. The van der Waals surface area contributed by atoms with E-state index < -0.39 is 0 Å². The number of thiophene rings is 1. The Labute approximate surface area is 100 Å². The van der Waals surface area contributed by atoms with Crippen LogP contribution in [0.1, 0.15) is 25.9 Å². The van der Waals surface area contributed by atoms with E-state index in [1.54, 1.807) is 6.07 Å². The summed E-state index contributed by atoms with van der Waals surface area (Å²) in [6, 6.07) is 3.62. The highest BCUT2D eigenvalue weighted by atomic mass is 79.9. The first-order valence-electron chi connectivity index (χ1n) is 4.44. The van der Waals surface area contributed by atoms with Gasteiger partial charge in [-0.3, -0.25) is 4.79 Å². The lowest BCUT2D eigenvalue weighted by Crippen LogP contribution is -1.96. The van der Waals surface area contributed by atoms with Crippen LogP contribution >= 0.6 is 27.3 Å². The van der Waals surface area contributed by atoms with Crippen molar-refractivity contribution in [3.05, 3.63) is 43.9 Å². The second kappa shape index (κ2) is 3.94. The van der Waals surface area contributed by atoms with E-state index in [-0.39, 0.29) is 5.78 Å². The Morgan fingerprint density at radius 3 is 2.67 bits per heavy atom. The van der Waals surface area contributed by atoms with Gasteiger partial charge in [0.05, 0.1) is 15.6 Å². The molecule has 0 spiro atoms. The molecule has 2 rings (SSSR count). The molecular formula is C11H9BrO2S. The highest BCUT2D eigenvalue weighted by Gasteiger charge is 2.18. The lowest BCUT2D eigenvalue weighted by atomic mass is 10.2. The molecule has 0 aliphatic carbocycles. The van der Waals surface area contributed by atoms with Crippen molar-refractivity contribution in [1.82, 2.24) is 0 Å². The first-order valence-corrected chi connectivity index (χ1v) is 6.05. The summed E-state index contributed by atoms with van der Waals surface area (Å²) in [5, 5.41) is 0. The van der Waals surface area contributed by atoms with E-state index in [1.165, 1.54) is 22.5 Å². The van der Waals surface area contributed by atoms with Crippen molar-refractivity contribution in [1.29, 1.82) is 0 Å². The van der Waals surface area contributed by atoms with Crippen LogP contribution in [0.5, 0.6) is 0 Å². The quantitative estimate of drug-likeness (QED) is 0.782. The molecule has 0 radical (unpaired) electrons. The Morgan fingerprint density at radius 1 is 1.47 bits per heavy atom. The fourth-order valence-electron chi connectivity index (χ4n) is 1.25. The molecular weight excluding hydrogens is 276 g/mol. The van der Waals surface area contributed by atoms with Gasteiger partial charge in [0.2, 0.25) is 5.78 Å². The molecule has 0 aliphatic heterocycles. The molecule has 0 saturated carbocycles. The minimum Gasteiger partial charge on any atom is -0.460 e. The predicted octanol–water partition coefficient (Wildman–Crippen LogP) is 3.95. The maximum atomic E-state index is 12.0. The molecule has 0 fully saturated rings. The SMILES string of the molecule is Cc1cc(C(=O)c2occc2Br)sc1C. The molecule has 4 heteroatoms. The van der Waals surface area contributed by atoms with E-state index in [1.807, 2.05) is 19.9 Å². The molecule has 2 aromatic heterocycles. The molecule has 0 aliphatic rings. The third kappa shape index (κ3) is 1.92. The van der Waals surface area contributed by atoms with E-state index in [0.29, 0.717) is 10.2 Å². The van der Waals surface area contributed by atoms with Crippen LogP contribution in [0, 0.1) is 13.8 Å². The van der Waals surface area contributed by atoms with E-state index in [2.05, 4.69) is 15.9 Å². The Bertz CT molecular complexity index is 491. The van der Waals surface area contributed by atoms with Crippen molar-refractivity contribution >= 4 is 33.0 Å². The normalized spacial score (nSPS) is 10.6. The van der Waals surface area contributed by atoms with Crippen LogP contribution in [0.15, 0.2) is 27.3 Å².